The molecule has 0 saturated carbocycles. The van der Waals surface area contributed by atoms with Crippen LogP contribution in [-0.4, -0.2) is 16.9 Å². The summed E-state index contributed by atoms with van der Waals surface area (Å²) in [6.45, 7) is 0. The molecule has 0 atom stereocenters. The Morgan fingerprint density at radius 2 is 1.53 bits per heavy atom. The van der Waals surface area contributed by atoms with Crippen molar-refractivity contribution < 1.29 is 14.7 Å². The van der Waals surface area contributed by atoms with Gasteiger partial charge in [-0.2, -0.15) is 0 Å². The number of hydrogen-bond acceptors (Lipinski definition) is 3. The molecule has 1 rings (SSSR count). The van der Waals surface area contributed by atoms with Gasteiger partial charge in [-0.15, -0.1) is 0 Å². The van der Waals surface area contributed by atoms with Gasteiger partial charge in [0.25, 0.3) is 11.8 Å². The van der Waals surface area contributed by atoms with Gasteiger partial charge in [0.2, 0.25) is 5.60 Å². The van der Waals surface area contributed by atoms with E-state index < -0.39 is 17.4 Å². The summed E-state index contributed by atoms with van der Waals surface area (Å²) >= 11 is 5.61. The molecule has 0 aliphatic rings. The van der Waals surface area contributed by atoms with Crippen molar-refractivity contribution in [2.75, 3.05) is 0 Å². The van der Waals surface area contributed by atoms with Gasteiger partial charge in [0, 0.05) is 10.6 Å². The molecule has 0 spiro atoms. The second-order valence-corrected chi connectivity index (χ2v) is 3.38. The van der Waals surface area contributed by atoms with E-state index in [0.717, 1.165) is 0 Å². The van der Waals surface area contributed by atoms with Crippen LogP contribution in [0.4, 0.5) is 0 Å². The molecule has 0 radical (unpaired) electrons. The van der Waals surface area contributed by atoms with Crippen molar-refractivity contribution in [3.8, 4) is 0 Å². The monoisotopic (exact) mass is 228 g/mol. The Labute approximate surface area is 90.6 Å². The molecule has 2 amide bonds. The second-order valence-electron chi connectivity index (χ2n) is 2.95. The maximum Gasteiger partial charge on any atom is 0.264 e. The largest absolute Gasteiger partial charge is 0.368 e. The topological polar surface area (TPSA) is 106 Å². The average Bonchev–Trinajstić information content (AvgIpc) is 2.17. The van der Waals surface area contributed by atoms with Crippen LogP contribution in [0.2, 0.25) is 5.02 Å². The first-order valence-corrected chi connectivity index (χ1v) is 4.35. The number of halogens is 1. The summed E-state index contributed by atoms with van der Waals surface area (Å²) in [5.41, 5.74) is 7.34. The third-order valence-corrected chi connectivity index (χ3v) is 2.23. The molecule has 15 heavy (non-hydrogen) atoms. The minimum Gasteiger partial charge on any atom is -0.368 e. The molecule has 0 unspecified atom stereocenters. The highest BCUT2D eigenvalue weighted by Gasteiger charge is 2.42. The third-order valence-electron chi connectivity index (χ3n) is 1.98. The molecular formula is C9H9ClN2O3. The summed E-state index contributed by atoms with van der Waals surface area (Å²) in [7, 11) is 0. The van der Waals surface area contributed by atoms with Crippen LogP contribution in [-0.2, 0) is 15.2 Å². The number of rotatable bonds is 3. The van der Waals surface area contributed by atoms with Crippen LogP contribution in [0.5, 0.6) is 0 Å². The van der Waals surface area contributed by atoms with E-state index >= 15 is 0 Å². The lowest BCUT2D eigenvalue weighted by molar-refractivity contribution is -0.150. The van der Waals surface area contributed by atoms with Crippen LogP contribution in [0.1, 0.15) is 5.56 Å². The summed E-state index contributed by atoms with van der Waals surface area (Å²) < 4.78 is 0. The number of carbonyl (C=O) groups is 2. The minimum absolute atomic E-state index is 0.00750. The average molecular weight is 229 g/mol. The van der Waals surface area contributed by atoms with E-state index in [1.165, 1.54) is 24.3 Å². The number of aliphatic hydroxyl groups is 1. The number of primary amides is 2. The van der Waals surface area contributed by atoms with Gasteiger partial charge in [-0.25, -0.2) is 0 Å². The van der Waals surface area contributed by atoms with Crippen molar-refractivity contribution in [1.29, 1.82) is 0 Å². The van der Waals surface area contributed by atoms with Gasteiger partial charge in [-0.05, 0) is 12.1 Å². The summed E-state index contributed by atoms with van der Waals surface area (Å²) in [5, 5.41) is 10.1. The Hall–Kier alpha value is -1.59. The zero-order valence-electron chi connectivity index (χ0n) is 7.61. The first kappa shape index (κ1) is 11.5. The molecule has 0 aliphatic carbocycles. The van der Waals surface area contributed by atoms with E-state index in [1.807, 2.05) is 0 Å². The zero-order chi connectivity index (χ0) is 11.6. The number of nitrogens with two attached hydrogens (primary N) is 2. The van der Waals surface area contributed by atoms with E-state index in [4.69, 9.17) is 23.1 Å². The highest BCUT2D eigenvalue weighted by molar-refractivity contribution is 6.30. The Kier molecular flexibility index (Phi) is 2.97. The molecule has 0 aromatic heterocycles. The van der Waals surface area contributed by atoms with Crippen molar-refractivity contribution >= 4 is 23.4 Å². The van der Waals surface area contributed by atoms with Crippen molar-refractivity contribution in [1.82, 2.24) is 0 Å². The molecule has 0 saturated heterocycles. The van der Waals surface area contributed by atoms with E-state index in [0.29, 0.717) is 5.02 Å². The summed E-state index contributed by atoms with van der Waals surface area (Å²) in [5.74, 6) is -2.45. The van der Waals surface area contributed by atoms with Crippen molar-refractivity contribution in [2.45, 2.75) is 5.60 Å². The predicted octanol–water partition coefficient (Wildman–Crippen LogP) is -0.502. The van der Waals surface area contributed by atoms with E-state index in [1.54, 1.807) is 0 Å². The summed E-state index contributed by atoms with van der Waals surface area (Å²) in [6, 6.07) is 5.43. The van der Waals surface area contributed by atoms with Gasteiger partial charge in [-0.1, -0.05) is 23.7 Å². The first-order valence-electron chi connectivity index (χ1n) is 3.97. The highest BCUT2D eigenvalue weighted by atomic mass is 35.5. The Balaban J connectivity index is 3.28. The normalized spacial score (nSPS) is 11.1. The van der Waals surface area contributed by atoms with E-state index in [9.17, 15) is 14.7 Å². The lowest BCUT2D eigenvalue weighted by atomic mass is 9.92. The molecular weight excluding hydrogens is 220 g/mol. The SMILES string of the molecule is NC(=O)C(O)(C(N)=O)c1ccc(Cl)cc1. The molecule has 0 bridgehead atoms. The van der Waals surface area contributed by atoms with E-state index in [-0.39, 0.29) is 5.56 Å². The molecule has 1 aromatic rings. The van der Waals surface area contributed by atoms with Crippen molar-refractivity contribution in [3.63, 3.8) is 0 Å². The number of amides is 2. The number of hydrogen-bond donors (Lipinski definition) is 3. The maximum absolute atomic E-state index is 11.0. The van der Waals surface area contributed by atoms with Crippen molar-refractivity contribution in [3.05, 3.63) is 34.9 Å². The number of benzene rings is 1. The predicted molar refractivity (Wildman–Crippen MR) is 53.7 cm³/mol. The fraction of sp³-hybridized carbons (Fsp3) is 0.111. The standard InChI is InChI=1S/C9H9ClN2O3/c10-6-3-1-5(2-4-6)9(15,7(11)13)8(12)14/h1-4,15H,(H2,11,13)(H2,12,14). The fourth-order valence-corrected chi connectivity index (χ4v) is 1.22. The second kappa shape index (κ2) is 3.88. The Bertz CT molecular complexity index is 388. The highest BCUT2D eigenvalue weighted by Crippen LogP contribution is 2.22. The summed E-state index contributed by atoms with van der Waals surface area (Å²) in [6.07, 6.45) is 0. The summed E-state index contributed by atoms with van der Waals surface area (Å²) in [4.78, 5) is 22.0. The van der Waals surface area contributed by atoms with Crippen LogP contribution in [0.15, 0.2) is 24.3 Å². The molecule has 0 aliphatic heterocycles. The van der Waals surface area contributed by atoms with Crippen LogP contribution < -0.4 is 11.5 Å². The van der Waals surface area contributed by atoms with Crippen LogP contribution in [0.3, 0.4) is 0 Å². The minimum atomic E-state index is -2.50. The molecule has 0 fully saturated rings. The fourth-order valence-electron chi connectivity index (χ4n) is 1.10. The lowest BCUT2D eigenvalue weighted by Gasteiger charge is -2.20. The third kappa shape index (κ3) is 1.93. The first-order chi connectivity index (χ1) is 6.89. The van der Waals surface area contributed by atoms with Gasteiger partial charge in [0.05, 0.1) is 0 Å². The quantitative estimate of drug-likeness (QED) is 0.607. The lowest BCUT2D eigenvalue weighted by Crippen LogP contribution is -2.51. The van der Waals surface area contributed by atoms with Gasteiger partial charge in [0.1, 0.15) is 0 Å². The molecule has 0 heterocycles. The Morgan fingerprint density at radius 3 is 1.87 bits per heavy atom. The van der Waals surface area contributed by atoms with Gasteiger partial charge in [-0.3, -0.25) is 9.59 Å². The van der Waals surface area contributed by atoms with Crippen molar-refractivity contribution in [2.24, 2.45) is 11.5 Å². The molecule has 5 nitrogen and oxygen atoms in total. The van der Waals surface area contributed by atoms with Gasteiger partial charge >= 0.3 is 0 Å². The van der Waals surface area contributed by atoms with Gasteiger partial charge < -0.3 is 16.6 Å². The molecule has 5 N–H and O–H groups in total. The molecule has 80 valence electrons. The Morgan fingerprint density at radius 1 is 1.13 bits per heavy atom. The van der Waals surface area contributed by atoms with Crippen LogP contribution in [0.25, 0.3) is 0 Å². The van der Waals surface area contributed by atoms with E-state index in [2.05, 4.69) is 0 Å². The van der Waals surface area contributed by atoms with Gasteiger partial charge in [0.15, 0.2) is 0 Å². The molecule has 1 aromatic carbocycles. The van der Waals surface area contributed by atoms with Crippen LogP contribution >= 0.6 is 11.6 Å². The van der Waals surface area contributed by atoms with Crippen LogP contribution in [0, 0.1) is 0 Å². The zero-order valence-corrected chi connectivity index (χ0v) is 8.36. The smallest absolute Gasteiger partial charge is 0.264 e. The maximum atomic E-state index is 11.0. The molecule has 6 heteroatoms. The number of carbonyl (C=O) groups excluding carboxylic acids is 2.